The molecular formula is C32H27Cl2FN4O4. The Morgan fingerprint density at radius 3 is 2.79 bits per heavy atom. The number of ether oxygens (including phenoxy) is 1. The molecule has 3 aromatic carbocycles. The number of amides is 1. The van der Waals surface area contributed by atoms with Crippen molar-refractivity contribution in [2.45, 2.75) is 43.3 Å². The van der Waals surface area contributed by atoms with Gasteiger partial charge >= 0.3 is 5.97 Å². The molecule has 4 atom stereocenters. The van der Waals surface area contributed by atoms with Gasteiger partial charge in [-0.15, -0.1) is 0 Å². The number of aromatic nitrogens is 2. The average Bonchev–Trinajstić information content (AvgIpc) is 3.66. The van der Waals surface area contributed by atoms with Gasteiger partial charge in [0.1, 0.15) is 18.0 Å². The Morgan fingerprint density at radius 1 is 1.16 bits per heavy atom. The Kier molecular flexibility index (Phi) is 6.06. The van der Waals surface area contributed by atoms with Crippen molar-refractivity contribution < 1.29 is 23.8 Å². The molecule has 2 fully saturated rings. The lowest BCUT2D eigenvalue weighted by atomic mass is 9.71. The highest BCUT2D eigenvalue weighted by atomic mass is 35.5. The van der Waals surface area contributed by atoms with Gasteiger partial charge in [0.2, 0.25) is 11.8 Å². The Labute approximate surface area is 256 Å². The van der Waals surface area contributed by atoms with Crippen LogP contribution in [0.4, 0.5) is 10.1 Å². The summed E-state index contributed by atoms with van der Waals surface area (Å²) in [4.78, 5) is 28.3. The quantitative estimate of drug-likeness (QED) is 0.272. The van der Waals surface area contributed by atoms with Crippen LogP contribution in [0.3, 0.4) is 0 Å². The van der Waals surface area contributed by atoms with Crippen molar-refractivity contribution in [1.29, 1.82) is 0 Å². The van der Waals surface area contributed by atoms with Crippen molar-refractivity contribution >= 4 is 51.7 Å². The van der Waals surface area contributed by atoms with Crippen molar-refractivity contribution in [2.75, 3.05) is 18.5 Å². The highest BCUT2D eigenvalue weighted by molar-refractivity contribution is 6.31. The second-order valence-electron chi connectivity index (χ2n) is 12.0. The van der Waals surface area contributed by atoms with Crippen LogP contribution >= 0.6 is 23.2 Å². The van der Waals surface area contributed by atoms with E-state index in [-0.39, 0.29) is 35.1 Å². The number of rotatable bonds is 5. The monoisotopic (exact) mass is 620 g/mol. The Balaban J connectivity index is 1.35. The van der Waals surface area contributed by atoms with E-state index < -0.39 is 23.2 Å². The molecule has 11 heteroatoms. The maximum Gasteiger partial charge on any atom is 0.335 e. The van der Waals surface area contributed by atoms with E-state index in [9.17, 15) is 14.7 Å². The molecule has 8 nitrogen and oxygen atoms in total. The predicted octanol–water partition coefficient (Wildman–Crippen LogP) is 6.30. The number of carboxylic acids is 1. The first-order valence-corrected chi connectivity index (χ1v) is 15.2. The van der Waals surface area contributed by atoms with E-state index in [2.05, 4.69) is 10.2 Å². The molecule has 1 aliphatic carbocycles. The van der Waals surface area contributed by atoms with Crippen molar-refractivity contribution in [3.05, 3.63) is 87.2 Å². The third-order valence-corrected chi connectivity index (χ3v) is 10.2. The van der Waals surface area contributed by atoms with Crippen molar-refractivity contribution in [1.82, 2.24) is 14.7 Å². The van der Waals surface area contributed by atoms with Gasteiger partial charge in [-0.25, -0.2) is 13.9 Å². The SMILES string of the molecule is O=C(O)c1ccc2c3n(nc2c1)C[C@@H]1[C@H](CO3)N(CCC2CC2)[C@@]2(C(=O)Nc3cc(Cl)ccc32)[C@H]1c1cccc(Cl)c1F. The minimum atomic E-state index is -1.24. The molecule has 0 bridgehead atoms. The number of carboxylic acid groups (broad SMARTS) is 1. The van der Waals surface area contributed by atoms with Crippen LogP contribution in [0.1, 0.15) is 46.7 Å². The number of nitrogens with zero attached hydrogens (tertiary/aromatic N) is 3. The molecule has 220 valence electrons. The molecule has 1 saturated carbocycles. The predicted molar refractivity (Wildman–Crippen MR) is 159 cm³/mol. The Bertz CT molecular complexity index is 1840. The van der Waals surface area contributed by atoms with E-state index in [0.717, 1.165) is 24.8 Å². The van der Waals surface area contributed by atoms with Gasteiger partial charge in [0.15, 0.2) is 0 Å². The van der Waals surface area contributed by atoms with E-state index in [1.807, 2.05) is 6.07 Å². The first-order valence-electron chi connectivity index (χ1n) is 14.5. The number of hydrogen-bond donors (Lipinski definition) is 2. The number of carbonyl (C=O) groups is 2. The maximum absolute atomic E-state index is 16.1. The number of halogens is 3. The van der Waals surface area contributed by atoms with Crippen LogP contribution in [-0.2, 0) is 16.9 Å². The van der Waals surface area contributed by atoms with E-state index in [0.29, 0.717) is 52.1 Å². The fraction of sp³-hybridized carbons (Fsp3) is 0.344. The average molecular weight is 621 g/mol. The molecule has 0 unspecified atom stereocenters. The summed E-state index contributed by atoms with van der Waals surface area (Å²) < 4.78 is 24.4. The molecular weight excluding hydrogens is 594 g/mol. The highest BCUT2D eigenvalue weighted by Gasteiger charge is 2.67. The lowest BCUT2D eigenvalue weighted by molar-refractivity contribution is -0.128. The summed E-state index contributed by atoms with van der Waals surface area (Å²) in [6, 6.07) is 14.9. The molecule has 1 amide bonds. The van der Waals surface area contributed by atoms with Gasteiger partial charge in [0, 0.05) is 41.2 Å². The second-order valence-corrected chi connectivity index (χ2v) is 12.9. The zero-order chi connectivity index (χ0) is 29.6. The number of nitrogens with one attached hydrogen (secondary N) is 1. The normalized spacial score (nSPS) is 26.1. The third kappa shape index (κ3) is 3.94. The van der Waals surface area contributed by atoms with Crippen LogP contribution in [0, 0.1) is 17.7 Å². The van der Waals surface area contributed by atoms with E-state index in [1.54, 1.807) is 35.0 Å². The van der Waals surface area contributed by atoms with E-state index in [1.165, 1.54) is 18.2 Å². The molecule has 4 heterocycles. The van der Waals surface area contributed by atoms with Crippen molar-refractivity contribution in [3.8, 4) is 5.88 Å². The fourth-order valence-electron chi connectivity index (χ4n) is 7.70. The smallest absolute Gasteiger partial charge is 0.335 e. The van der Waals surface area contributed by atoms with Crippen LogP contribution in [-0.4, -0.2) is 50.9 Å². The molecule has 43 heavy (non-hydrogen) atoms. The maximum atomic E-state index is 16.1. The number of benzene rings is 3. The summed E-state index contributed by atoms with van der Waals surface area (Å²) in [7, 11) is 0. The van der Waals surface area contributed by atoms with Crippen molar-refractivity contribution in [2.24, 2.45) is 11.8 Å². The summed E-state index contributed by atoms with van der Waals surface area (Å²) in [5.74, 6) is -1.64. The van der Waals surface area contributed by atoms with Gasteiger partial charge in [-0.3, -0.25) is 9.69 Å². The van der Waals surface area contributed by atoms with Gasteiger partial charge in [-0.05, 0) is 54.3 Å². The van der Waals surface area contributed by atoms with E-state index >= 15 is 4.39 Å². The van der Waals surface area contributed by atoms with Crippen LogP contribution < -0.4 is 10.1 Å². The summed E-state index contributed by atoms with van der Waals surface area (Å²) >= 11 is 12.7. The minimum Gasteiger partial charge on any atom is -0.478 e. The summed E-state index contributed by atoms with van der Waals surface area (Å²) in [5, 5.41) is 18.6. The zero-order valence-electron chi connectivity index (χ0n) is 22.9. The van der Waals surface area contributed by atoms with Gasteiger partial charge in [-0.2, -0.15) is 5.10 Å². The largest absolute Gasteiger partial charge is 0.478 e. The van der Waals surface area contributed by atoms with Gasteiger partial charge in [-0.1, -0.05) is 54.2 Å². The van der Waals surface area contributed by atoms with E-state index in [4.69, 9.17) is 33.0 Å². The van der Waals surface area contributed by atoms with Gasteiger partial charge in [0.05, 0.1) is 27.5 Å². The Morgan fingerprint density at radius 2 is 2.00 bits per heavy atom. The second kappa shape index (κ2) is 9.67. The molecule has 1 aromatic heterocycles. The van der Waals surface area contributed by atoms with Gasteiger partial charge in [0.25, 0.3) is 0 Å². The first kappa shape index (κ1) is 26.9. The number of aromatic carboxylic acids is 1. The van der Waals surface area contributed by atoms with Crippen LogP contribution in [0.25, 0.3) is 10.9 Å². The summed E-state index contributed by atoms with van der Waals surface area (Å²) in [6.45, 7) is 1.20. The summed E-state index contributed by atoms with van der Waals surface area (Å²) in [6.07, 6.45) is 3.24. The lowest BCUT2D eigenvalue weighted by Gasteiger charge is -2.40. The molecule has 1 saturated heterocycles. The van der Waals surface area contributed by atoms with Crippen LogP contribution in [0.2, 0.25) is 10.0 Å². The molecule has 4 aromatic rings. The molecule has 3 aliphatic heterocycles. The number of anilines is 1. The topological polar surface area (TPSA) is 96.7 Å². The zero-order valence-corrected chi connectivity index (χ0v) is 24.4. The fourth-order valence-corrected chi connectivity index (χ4v) is 8.05. The molecule has 8 rings (SSSR count). The number of hydrogen-bond acceptors (Lipinski definition) is 5. The molecule has 1 spiro atoms. The van der Waals surface area contributed by atoms with Crippen LogP contribution in [0.5, 0.6) is 5.88 Å². The Hall–Kier alpha value is -3.66. The number of likely N-dealkylation sites (tertiary alicyclic amines) is 1. The minimum absolute atomic E-state index is 0.00745. The first-order chi connectivity index (χ1) is 20.8. The molecule has 4 aliphatic rings. The van der Waals surface area contributed by atoms with Crippen molar-refractivity contribution in [3.63, 3.8) is 0 Å². The molecule has 2 N–H and O–H groups in total. The standard InChI is InChI=1S/C32H27Cl2FN4O4/c33-18-7-9-22-25(13-18)36-31(42)32(22)27(20-2-1-3-23(34)28(20)35)21-14-39-29(19-8-6-17(30(40)41)12-24(19)37-39)43-15-26(21)38(32)11-10-16-4-5-16/h1-3,6-9,12-13,16,21,26-27H,4-5,10-11,14-15H2,(H,36,42)(H,40,41)/t21-,26+,27+,32-/m1/s1. The van der Waals surface area contributed by atoms with Crippen LogP contribution in [0.15, 0.2) is 54.6 Å². The van der Waals surface area contributed by atoms with Gasteiger partial charge < -0.3 is 15.2 Å². The summed E-state index contributed by atoms with van der Waals surface area (Å²) in [5.41, 5.74) is 1.12. The highest BCUT2D eigenvalue weighted by Crippen LogP contribution is 2.61. The number of carbonyl (C=O) groups excluding carboxylic acids is 1. The molecule has 0 radical (unpaired) electrons. The third-order valence-electron chi connectivity index (χ3n) is 9.72. The lowest BCUT2D eigenvalue weighted by Crippen LogP contribution is -2.53. The number of fused-ring (bicyclic) bond motifs is 6.